The number of ether oxygens (including phenoxy) is 2. The molecule has 0 fully saturated rings. The predicted molar refractivity (Wildman–Crippen MR) is 107 cm³/mol. The second kappa shape index (κ2) is 7.58. The van der Waals surface area contributed by atoms with Gasteiger partial charge in [-0.25, -0.2) is 4.98 Å². The number of amides is 1. The van der Waals surface area contributed by atoms with Crippen LogP contribution in [0.15, 0.2) is 41.8 Å². The van der Waals surface area contributed by atoms with E-state index in [9.17, 15) is 4.79 Å². The van der Waals surface area contributed by atoms with Crippen molar-refractivity contribution in [1.29, 1.82) is 0 Å². The van der Waals surface area contributed by atoms with Gasteiger partial charge in [-0.1, -0.05) is 35.9 Å². The number of anilines is 1. The maximum atomic E-state index is 12.4. The zero-order chi connectivity index (χ0) is 18.8. The number of thiazole rings is 1. The normalized spacial score (nSPS) is 12.7. The van der Waals surface area contributed by atoms with Crippen molar-refractivity contribution in [2.24, 2.45) is 0 Å². The second-order valence-electron chi connectivity index (χ2n) is 6.18. The lowest BCUT2D eigenvalue weighted by molar-refractivity contribution is -0.115. The molecule has 0 unspecified atom stereocenters. The molecule has 5 nitrogen and oxygen atoms in total. The van der Waals surface area contributed by atoms with Crippen molar-refractivity contribution in [3.8, 4) is 22.8 Å². The Kier molecular flexibility index (Phi) is 5.01. The number of carbonyl (C=O) groups excluding carboxylic acids is 1. The van der Waals surface area contributed by atoms with Crippen molar-refractivity contribution in [2.45, 2.75) is 13.3 Å². The lowest BCUT2D eigenvalue weighted by atomic mass is 10.1. The minimum atomic E-state index is -0.159. The van der Waals surface area contributed by atoms with Gasteiger partial charge in [0, 0.05) is 10.9 Å². The number of benzene rings is 2. The van der Waals surface area contributed by atoms with Crippen molar-refractivity contribution in [2.75, 3.05) is 18.5 Å². The number of aromatic nitrogens is 1. The average molecular weight is 401 g/mol. The Balaban J connectivity index is 1.46. The third kappa shape index (κ3) is 3.91. The molecule has 138 valence electrons. The number of halogens is 1. The fourth-order valence-electron chi connectivity index (χ4n) is 2.93. The van der Waals surface area contributed by atoms with Crippen LogP contribution >= 0.6 is 22.9 Å². The predicted octanol–water partition coefficient (Wildman–Crippen LogP) is 4.72. The van der Waals surface area contributed by atoms with Crippen LogP contribution in [0.5, 0.6) is 11.5 Å². The molecule has 2 heterocycles. The number of carbonyl (C=O) groups is 1. The molecule has 7 heteroatoms. The Morgan fingerprint density at radius 1 is 1.26 bits per heavy atom. The molecule has 1 aromatic heterocycles. The number of hydrogen-bond acceptors (Lipinski definition) is 5. The number of rotatable bonds is 4. The molecule has 4 rings (SSSR count). The van der Waals surface area contributed by atoms with Gasteiger partial charge in [-0.05, 0) is 30.2 Å². The Bertz CT molecular complexity index is 1000. The van der Waals surface area contributed by atoms with Crippen LogP contribution in [0.3, 0.4) is 0 Å². The maximum absolute atomic E-state index is 12.4. The van der Waals surface area contributed by atoms with Gasteiger partial charge in [0.05, 0.1) is 17.1 Å². The molecule has 0 saturated carbocycles. The third-order valence-corrected chi connectivity index (χ3v) is 5.23. The molecule has 2 aromatic carbocycles. The van der Waals surface area contributed by atoms with E-state index < -0.39 is 0 Å². The Morgan fingerprint density at radius 3 is 2.93 bits per heavy atom. The van der Waals surface area contributed by atoms with Crippen LogP contribution in [-0.4, -0.2) is 24.1 Å². The summed E-state index contributed by atoms with van der Waals surface area (Å²) in [7, 11) is 0. The average Bonchev–Trinajstić information content (AvgIpc) is 3.10. The molecule has 0 saturated heterocycles. The summed E-state index contributed by atoms with van der Waals surface area (Å²) >= 11 is 7.63. The molecule has 1 aliphatic rings. The van der Waals surface area contributed by atoms with Crippen LogP contribution in [0, 0.1) is 6.92 Å². The van der Waals surface area contributed by atoms with Gasteiger partial charge in [0.25, 0.3) is 0 Å². The standard InChI is InChI=1S/C20H17ClN2O3S/c1-12-4-2-3-5-14(12)16-11-27-20(22-16)23-18(24)10-13-8-15(21)19-17(9-13)25-6-7-26-19/h2-5,8-9,11H,6-7,10H2,1H3,(H,22,23,24). The van der Waals surface area contributed by atoms with Gasteiger partial charge in [-0.2, -0.15) is 0 Å². The van der Waals surface area contributed by atoms with Crippen LogP contribution in [0.1, 0.15) is 11.1 Å². The van der Waals surface area contributed by atoms with Crippen LogP contribution < -0.4 is 14.8 Å². The summed E-state index contributed by atoms with van der Waals surface area (Å²) in [5, 5.41) is 5.82. The summed E-state index contributed by atoms with van der Waals surface area (Å²) < 4.78 is 11.1. The minimum absolute atomic E-state index is 0.159. The molecule has 1 aliphatic heterocycles. The van der Waals surface area contributed by atoms with Gasteiger partial charge in [0.2, 0.25) is 5.91 Å². The van der Waals surface area contributed by atoms with Crippen molar-refractivity contribution in [1.82, 2.24) is 4.98 Å². The number of fused-ring (bicyclic) bond motifs is 1. The first kappa shape index (κ1) is 17.8. The Labute approximate surface area is 165 Å². The molecule has 0 spiro atoms. The summed E-state index contributed by atoms with van der Waals surface area (Å²) in [6, 6.07) is 11.6. The molecule has 1 N–H and O–H groups in total. The zero-order valence-corrected chi connectivity index (χ0v) is 16.2. The first-order valence-electron chi connectivity index (χ1n) is 8.49. The number of hydrogen-bond donors (Lipinski definition) is 1. The second-order valence-corrected chi connectivity index (χ2v) is 7.44. The number of aryl methyl sites for hydroxylation is 1. The molecule has 0 aliphatic carbocycles. The zero-order valence-electron chi connectivity index (χ0n) is 14.6. The first-order chi connectivity index (χ1) is 13.1. The monoisotopic (exact) mass is 400 g/mol. The summed E-state index contributed by atoms with van der Waals surface area (Å²) in [6.07, 6.45) is 0.176. The van der Waals surface area contributed by atoms with Crippen molar-refractivity contribution in [3.05, 3.63) is 57.9 Å². The highest BCUT2D eigenvalue weighted by atomic mass is 35.5. The van der Waals surface area contributed by atoms with Gasteiger partial charge in [-0.15, -0.1) is 11.3 Å². The Morgan fingerprint density at radius 2 is 2.07 bits per heavy atom. The van der Waals surface area contributed by atoms with E-state index in [-0.39, 0.29) is 12.3 Å². The van der Waals surface area contributed by atoms with E-state index in [4.69, 9.17) is 21.1 Å². The summed E-state index contributed by atoms with van der Waals surface area (Å²) in [4.78, 5) is 16.9. The number of nitrogens with zero attached hydrogens (tertiary/aromatic N) is 1. The van der Waals surface area contributed by atoms with Gasteiger partial charge >= 0.3 is 0 Å². The highest BCUT2D eigenvalue weighted by molar-refractivity contribution is 7.14. The molecule has 0 radical (unpaired) electrons. The van der Waals surface area contributed by atoms with E-state index in [1.54, 1.807) is 12.1 Å². The van der Waals surface area contributed by atoms with E-state index in [0.717, 1.165) is 22.4 Å². The fourth-order valence-corrected chi connectivity index (χ4v) is 3.94. The maximum Gasteiger partial charge on any atom is 0.230 e. The third-order valence-electron chi connectivity index (χ3n) is 4.19. The van der Waals surface area contributed by atoms with Crippen LogP contribution in [-0.2, 0) is 11.2 Å². The first-order valence-corrected chi connectivity index (χ1v) is 9.75. The smallest absolute Gasteiger partial charge is 0.230 e. The van der Waals surface area contributed by atoms with Crippen molar-refractivity contribution < 1.29 is 14.3 Å². The van der Waals surface area contributed by atoms with E-state index in [1.807, 2.05) is 36.6 Å². The minimum Gasteiger partial charge on any atom is -0.486 e. The van der Waals surface area contributed by atoms with Crippen LogP contribution in [0.2, 0.25) is 5.02 Å². The van der Waals surface area contributed by atoms with E-state index >= 15 is 0 Å². The summed E-state index contributed by atoms with van der Waals surface area (Å²) in [6.45, 7) is 2.98. The lowest BCUT2D eigenvalue weighted by Crippen LogP contribution is -2.17. The van der Waals surface area contributed by atoms with E-state index in [0.29, 0.717) is 34.9 Å². The molecular formula is C20H17ClN2O3S. The quantitative estimate of drug-likeness (QED) is 0.688. The Hall–Kier alpha value is -2.57. The van der Waals surface area contributed by atoms with Gasteiger partial charge < -0.3 is 14.8 Å². The molecule has 1 amide bonds. The largest absolute Gasteiger partial charge is 0.486 e. The molecular weight excluding hydrogens is 384 g/mol. The molecule has 3 aromatic rings. The number of nitrogens with one attached hydrogen (secondary N) is 1. The molecule has 0 atom stereocenters. The van der Waals surface area contributed by atoms with E-state index in [2.05, 4.69) is 10.3 Å². The van der Waals surface area contributed by atoms with Crippen LogP contribution in [0.25, 0.3) is 11.3 Å². The van der Waals surface area contributed by atoms with Gasteiger partial charge in [0.15, 0.2) is 16.6 Å². The summed E-state index contributed by atoms with van der Waals surface area (Å²) in [5.41, 5.74) is 3.83. The van der Waals surface area contributed by atoms with Crippen LogP contribution in [0.4, 0.5) is 5.13 Å². The SMILES string of the molecule is Cc1ccccc1-c1csc(NC(=O)Cc2cc(Cl)c3c(c2)OCCO3)n1. The summed E-state index contributed by atoms with van der Waals surface area (Å²) in [5.74, 6) is 0.955. The van der Waals surface area contributed by atoms with Crippen molar-refractivity contribution in [3.63, 3.8) is 0 Å². The highest BCUT2D eigenvalue weighted by Gasteiger charge is 2.18. The van der Waals surface area contributed by atoms with Gasteiger partial charge in [0.1, 0.15) is 13.2 Å². The van der Waals surface area contributed by atoms with Gasteiger partial charge in [-0.3, -0.25) is 4.79 Å². The van der Waals surface area contributed by atoms with Crippen molar-refractivity contribution >= 4 is 34.0 Å². The highest BCUT2D eigenvalue weighted by Crippen LogP contribution is 2.38. The molecule has 27 heavy (non-hydrogen) atoms. The topological polar surface area (TPSA) is 60.5 Å². The molecule has 0 bridgehead atoms. The fraction of sp³-hybridized carbons (Fsp3) is 0.200. The lowest BCUT2D eigenvalue weighted by Gasteiger charge is -2.20. The van der Waals surface area contributed by atoms with E-state index in [1.165, 1.54) is 11.3 Å².